The molecular weight excluding hydrogens is 212 g/mol. The molecule has 1 aromatic heterocycles. The molecule has 0 bridgehead atoms. The van der Waals surface area contributed by atoms with Crippen molar-refractivity contribution >= 4 is 0 Å². The third-order valence-electron chi connectivity index (χ3n) is 4.20. The number of imidazole rings is 1. The van der Waals surface area contributed by atoms with Crippen LogP contribution in [0.2, 0.25) is 0 Å². The van der Waals surface area contributed by atoms with Gasteiger partial charge in [-0.3, -0.25) is 0 Å². The van der Waals surface area contributed by atoms with E-state index in [4.69, 9.17) is 4.98 Å². The molecule has 3 rings (SSSR count). The second-order valence-electron chi connectivity index (χ2n) is 6.06. The van der Waals surface area contributed by atoms with E-state index in [2.05, 4.69) is 4.57 Å². The highest BCUT2D eigenvalue weighted by atomic mass is 16.3. The van der Waals surface area contributed by atoms with Gasteiger partial charge in [-0.05, 0) is 46.0 Å². The highest BCUT2D eigenvalue weighted by Gasteiger charge is 2.33. The van der Waals surface area contributed by atoms with Gasteiger partial charge in [0.15, 0.2) is 0 Å². The Morgan fingerprint density at radius 2 is 2.00 bits per heavy atom. The average Bonchev–Trinajstić information content (AvgIpc) is 2.55. The highest BCUT2D eigenvalue weighted by molar-refractivity contribution is 5.26. The maximum absolute atomic E-state index is 10.3. The first kappa shape index (κ1) is 11.3. The number of hydrogen-bond acceptors (Lipinski definition) is 2. The molecule has 17 heavy (non-hydrogen) atoms. The zero-order chi connectivity index (χ0) is 12.0. The van der Waals surface area contributed by atoms with E-state index < -0.39 is 5.60 Å². The van der Waals surface area contributed by atoms with Crippen LogP contribution < -0.4 is 0 Å². The fourth-order valence-corrected chi connectivity index (χ4v) is 3.04. The molecule has 1 saturated carbocycles. The van der Waals surface area contributed by atoms with E-state index in [-0.39, 0.29) is 0 Å². The standard InChI is InChI=1S/C14H22N2O/c1-14(2,17)12-11-8-3-4-9-16(11)13(15-12)10-6-5-7-10/h10,17H,3-9H2,1-2H3. The molecule has 0 amide bonds. The molecule has 94 valence electrons. The molecule has 2 aliphatic rings. The van der Waals surface area contributed by atoms with Crippen molar-refractivity contribution in [3.63, 3.8) is 0 Å². The number of aromatic nitrogens is 2. The Morgan fingerprint density at radius 1 is 1.24 bits per heavy atom. The summed E-state index contributed by atoms with van der Waals surface area (Å²) in [5.41, 5.74) is 1.43. The van der Waals surface area contributed by atoms with E-state index in [1.54, 1.807) is 0 Å². The Balaban J connectivity index is 2.07. The van der Waals surface area contributed by atoms with E-state index >= 15 is 0 Å². The summed E-state index contributed by atoms with van der Waals surface area (Å²) in [7, 11) is 0. The minimum atomic E-state index is -0.795. The number of hydrogen-bond donors (Lipinski definition) is 1. The van der Waals surface area contributed by atoms with Crippen molar-refractivity contribution in [1.82, 2.24) is 9.55 Å². The van der Waals surface area contributed by atoms with Crippen molar-refractivity contribution in [3.05, 3.63) is 17.2 Å². The molecule has 3 heteroatoms. The largest absolute Gasteiger partial charge is 0.384 e. The van der Waals surface area contributed by atoms with E-state index in [0.717, 1.165) is 18.7 Å². The first-order valence-electron chi connectivity index (χ1n) is 6.89. The highest BCUT2D eigenvalue weighted by Crippen LogP contribution is 2.39. The lowest BCUT2D eigenvalue weighted by atomic mass is 9.84. The van der Waals surface area contributed by atoms with Crippen LogP contribution >= 0.6 is 0 Å². The molecule has 1 aromatic rings. The van der Waals surface area contributed by atoms with Gasteiger partial charge in [-0.2, -0.15) is 0 Å². The van der Waals surface area contributed by atoms with Gasteiger partial charge in [0.25, 0.3) is 0 Å². The summed E-state index contributed by atoms with van der Waals surface area (Å²) in [6.07, 6.45) is 7.47. The molecule has 0 saturated heterocycles. The van der Waals surface area contributed by atoms with Gasteiger partial charge in [-0.15, -0.1) is 0 Å². The normalized spacial score (nSPS) is 21.1. The van der Waals surface area contributed by atoms with Crippen LogP contribution in [0, 0.1) is 0 Å². The van der Waals surface area contributed by atoms with Gasteiger partial charge in [-0.1, -0.05) is 6.42 Å². The lowest BCUT2D eigenvalue weighted by Gasteiger charge is -2.27. The van der Waals surface area contributed by atoms with Gasteiger partial charge >= 0.3 is 0 Å². The van der Waals surface area contributed by atoms with Crippen molar-refractivity contribution in [2.24, 2.45) is 0 Å². The van der Waals surface area contributed by atoms with Crippen LogP contribution in [0.3, 0.4) is 0 Å². The second kappa shape index (κ2) is 3.84. The monoisotopic (exact) mass is 234 g/mol. The third-order valence-corrected chi connectivity index (χ3v) is 4.20. The smallest absolute Gasteiger partial charge is 0.112 e. The molecule has 0 aromatic carbocycles. The SMILES string of the molecule is CC(C)(O)c1nc(C2CCC2)n2c1CCCC2. The van der Waals surface area contributed by atoms with Crippen molar-refractivity contribution in [1.29, 1.82) is 0 Å². The quantitative estimate of drug-likeness (QED) is 0.854. The van der Waals surface area contributed by atoms with Crippen molar-refractivity contribution in [2.45, 2.75) is 70.4 Å². The van der Waals surface area contributed by atoms with Gasteiger partial charge in [-0.25, -0.2) is 4.98 Å². The summed E-state index contributed by atoms with van der Waals surface area (Å²) in [6, 6.07) is 0. The maximum atomic E-state index is 10.3. The van der Waals surface area contributed by atoms with Crippen LogP contribution in [0.5, 0.6) is 0 Å². The van der Waals surface area contributed by atoms with E-state index in [1.807, 2.05) is 13.8 Å². The minimum Gasteiger partial charge on any atom is -0.384 e. The van der Waals surface area contributed by atoms with Crippen LogP contribution in [-0.4, -0.2) is 14.7 Å². The van der Waals surface area contributed by atoms with E-state index in [0.29, 0.717) is 5.92 Å². The van der Waals surface area contributed by atoms with Crippen LogP contribution in [0.25, 0.3) is 0 Å². The molecule has 1 aliphatic heterocycles. The number of nitrogens with zero attached hydrogens (tertiary/aromatic N) is 2. The molecule has 0 radical (unpaired) electrons. The summed E-state index contributed by atoms with van der Waals surface area (Å²) in [4.78, 5) is 4.80. The predicted octanol–water partition coefficient (Wildman–Crippen LogP) is 2.71. The zero-order valence-corrected chi connectivity index (χ0v) is 10.9. The topological polar surface area (TPSA) is 38.1 Å². The Labute approximate surface area is 103 Å². The Kier molecular flexibility index (Phi) is 2.54. The van der Waals surface area contributed by atoms with E-state index in [9.17, 15) is 5.11 Å². The molecule has 0 spiro atoms. The Bertz CT molecular complexity index is 424. The lowest BCUT2D eigenvalue weighted by molar-refractivity contribution is 0.0727. The lowest BCUT2D eigenvalue weighted by Crippen LogP contribution is -2.21. The predicted molar refractivity (Wildman–Crippen MR) is 67.0 cm³/mol. The molecule has 0 atom stereocenters. The number of fused-ring (bicyclic) bond motifs is 1. The Hall–Kier alpha value is -0.830. The van der Waals surface area contributed by atoms with Gasteiger partial charge in [0, 0.05) is 18.2 Å². The van der Waals surface area contributed by atoms with Gasteiger partial charge in [0.05, 0.1) is 5.69 Å². The molecule has 3 nitrogen and oxygen atoms in total. The maximum Gasteiger partial charge on any atom is 0.112 e. The van der Waals surface area contributed by atoms with Gasteiger partial charge < -0.3 is 9.67 Å². The van der Waals surface area contributed by atoms with Gasteiger partial charge in [0.2, 0.25) is 0 Å². The van der Waals surface area contributed by atoms with Crippen molar-refractivity contribution < 1.29 is 5.11 Å². The number of aliphatic hydroxyl groups is 1. The molecule has 1 fully saturated rings. The van der Waals surface area contributed by atoms with Crippen LogP contribution in [0.1, 0.15) is 69.1 Å². The molecular formula is C14H22N2O. The zero-order valence-electron chi connectivity index (χ0n) is 10.9. The van der Waals surface area contributed by atoms with E-state index in [1.165, 1.54) is 43.6 Å². The summed E-state index contributed by atoms with van der Waals surface area (Å²) in [6.45, 7) is 4.81. The molecule has 1 aliphatic carbocycles. The molecule has 1 N–H and O–H groups in total. The second-order valence-corrected chi connectivity index (χ2v) is 6.06. The summed E-state index contributed by atoms with van der Waals surface area (Å²) in [5.74, 6) is 1.91. The summed E-state index contributed by atoms with van der Waals surface area (Å²) in [5, 5.41) is 10.3. The van der Waals surface area contributed by atoms with Crippen LogP contribution in [-0.2, 0) is 18.6 Å². The first-order valence-corrected chi connectivity index (χ1v) is 6.89. The fraction of sp³-hybridized carbons (Fsp3) is 0.786. The third kappa shape index (κ3) is 1.81. The molecule has 0 unspecified atom stereocenters. The Morgan fingerprint density at radius 3 is 2.59 bits per heavy atom. The van der Waals surface area contributed by atoms with Crippen molar-refractivity contribution in [3.8, 4) is 0 Å². The molecule has 2 heterocycles. The van der Waals surface area contributed by atoms with Crippen LogP contribution in [0.4, 0.5) is 0 Å². The average molecular weight is 234 g/mol. The minimum absolute atomic E-state index is 0.656. The fourth-order valence-electron chi connectivity index (χ4n) is 3.04. The summed E-state index contributed by atoms with van der Waals surface area (Å²) < 4.78 is 2.40. The first-order chi connectivity index (χ1) is 8.07. The van der Waals surface area contributed by atoms with Crippen molar-refractivity contribution in [2.75, 3.05) is 0 Å². The van der Waals surface area contributed by atoms with Gasteiger partial charge in [0.1, 0.15) is 11.4 Å². The van der Waals surface area contributed by atoms with Crippen LogP contribution in [0.15, 0.2) is 0 Å². The number of rotatable bonds is 2. The summed E-state index contributed by atoms with van der Waals surface area (Å²) >= 11 is 0.